The van der Waals surface area contributed by atoms with Gasteiger partial charge in [0.2, 0.25) is 5.95 Å². The Hall–Kier alpha value is -2.14. The van der Waals surface area contributed by atoms with Crippen LogP contribution in [0.5, 0.6) is 0 Å². The molecule has 1 N–H and O–H groups in total. The third-order valence-corrected chi connectivity index (χ3v) is 4.28. The van der Waals surface area contributed by atoms with Gasteiger partial charge in [-0.3, -0.25) is 0 Å². The van der Waals surface area contributed by atoms with Crippen LogP contribution in [0.2, 0.25) is 5.15 Å². The van der Waals surface area contributed by atoms with Crippen LogP contribution in [-0.4, -0.2) is 19.6 Å². The average molecular weight is 314 g/mol. The van der Waals surface area contributed by atoms with Crippen molar-refractivity contribution >= 4 is 23.3 Å². The lowest BCUT2D eigenvalue weighted by molar-refractivity contribution is 0.911. The summed E-state index contributed by atoms with van der Waals surface area (Å²) in [4.78, 5) is 8.69. The molecule has 0 unspecified atom stereocenters. The first-order chi connectivity index (χ1) is 10.7. The smallest absolute Gasteiger partial charge is 0.255 e. The number of rotatable bonds is 3. The Bertz CT molecular complexity index is 855. The number of anilines is 1. The molecule has 1 aliphatic carbocycles. The van der Waals surface area contributed by atoms with Crippen molar-refractivity contribution in [3.8, 4) is 0 Å². The lowest BCUT2D eigenvalue weighted by atomic mass is 10.1. The molecule has 0 saturated carbocycles. The van der Waals surface area contributed by atoms with Crippen LogP contribution in [0.3, 0.4) is 0 Å². The van der Waals surface area contributed by atoms with Gasteiger partial charge in [0.1, 0.15) is 5.15 Å². The molecular formula is C16H16ClN5. The number of nitrogens with zero attached hydrogens (tertiary/aromatic N) is 4. The van der Waals surface area contributed by atoms with Gasteiger partial charge >= 0.3 is 0 Å². The maximum Gasteiger partial charge on any atom is 0.255 e. The molecule has 112 valence electrons. The number of benzene rings is 1. The van der Waals surface area contributed by atoms with Gasteiger partial charge in [-0.1, -0.05) is 29.8 Å². The van der Waals surface area contributed by atoms with E-state index in [0.717, 1.165) is 5.69 Å². The standard InChI is InChI=1S/C16H16ClN5/c1-10-7-14(17)22-16(19-10)20-15(21-22)18-9-11-5-6-12-3-2-4-13(12)8-11/h5-8H,2-4,9H2,1H3,(H,18,21). The third kappa shape index (κ3) is 2.41. The van der Waals surface area contributed by atoms with E-state index < -0.39 is 0 Å². The molecule has 6 heteroatoms. The maximum atomic E-state index is 6.15. The van der Waals surface area contributed by atoms with Gasteiger partial charge in [-0.25, -0.2) is 4.98 Å². The van der Waals surface area contributed by atoms with Gasteiger partial charge in [-0.15, -0.1) is 5.10 Å². The first kappa shape index (κ1) is 13.5. The molecule has 2 heterocycles. The van der Waals surface area contributed by atoms with E-state index in [1.54, 1.807) is 10.6 Å². The van der Waals surface area contributed by atoms with Crippen molar-refractivity contribution in [1.29, 1.82) is 0 Å². The first-order valence-corrected chi connectivity index (χ1v) is 7.81. The second kappa shape index (κ2) is 5.25. The topological polar surface area (TPSA) is 55.1 Å². The minimum absolute atomic E-state index is 0.514. The van der Waals surface area contributed by atoms with Gasteiger partial charge < -0.3 is 5.32 Å². The summed E-state index contributed by atoms with van der Waals surface area (Å²) in [6.45, 7) is 2.58. The van der Waals surface area contributed by atoms with Gasteiger partial charge in [0.15, 0.2) is 0 Å². The predicted molar refractivity (Wildman–Crippen MR) is 86.3 cm³/mol. The van der Waals surface area contributed by atoms with E-state index >= 15 is 0 Å². The fourth-order valence-corrected chi connectivity index (χ4v) is 3.21. The minimum Gasteiger partial charge on any atom is -0.349 e. The normalized spacial score (nSPS) is 13.5. The molecule has 0 saturated heterocycles. The number of aryl methyl sites for hydroxylation is 3. The van der Waals surface area contributed by atoms with Gasteiger partial charge in [-0.2, -0.15) is 9.50 Å². The number of nitrogens with one attached hydrogen (secondary N) is 1. The molecule has 1 aliphatic rings. The first-order valence-electron chi connectivity index (χ1n) is 7.43. The Morgan fingerprint density at radius 1 is 1.18 bits per heavy atom. The third-order valence-electron chi connectivity index (χ3n) is 4.01. The van der Waals surface area contributed by atoms with Crippen molar-refractivity contribution in [2.75, 3.05) is 5.32 Å². The number of hydrogen-bond donors (Lipinski definition) is 1. The van der Waals surface area contributed by atoms with E-state index in [9.17, 15) is 0 Å². The highest BCUT2D eigenvalue weighted by molar-refractivity contribution is 6.29. The fourth-order valence-electron chi connectivity index (χ4n) is 2.93. The Morgan fingerprint density at radius 3 is 2.95 bits per heavy atom. The molecule has 4 rings (SSSR count). The summed E-state index contributed by atoms with van der Waals surface area (Å²) in [7, 11) is 0. The number of hydrogen-bond acceptors (Lipinski definition) is 4. The molecule has 0 fully saturated rings. The zero-order valence-corrected chi connectivity index (χ0v) is 13.1. The molecular weight excluding hydrogens is 298 g/mol. The highest BCUT2D eigenvalue weighted by atomic mass is 35.5. The van der Waals surface area contributed by atoms with E-state index in [1.165, 1.54) is 36.0 Å². The van der Waals surface area contributed by atoms with Crippen LogP contribution in [0.25, 0.3) is 5.78 Å². The van der Waals surface area contributed by atoms with Gasteiger partial charge in [0.05, 0.1) is 0 Å². The van der Waals surface area contributed by atoms with Crippen LogP contribution in [0.15, 0.2) is 24.3 Å². The zero-order valence-electron chi connectivity index (χ0n) is 12.3. The van der Waals surface area contributed by atoms with Crippen molar-refractivity contribution < 1.29 is 0 Å². The maximum absolute atomic E-state index is 6.15. The Kier molecular flexibility index (Phi) is 3.22. The highest BCUT2D eigenvalue weighted by Gasteiger charge is 2.12. The quantitative estimate of drug-likeness (QED) is 0.755. The van der Waals surface area contributed by atoms with Crippen LogP contribution < -0.4 is 5.32 Å². The van der Waals surface area contributed by atoms with Crippen LogP contribution in [-0.2, 0) is 19.4 Å². The summed E-state index contributed by atoms with van der Waals surface area (Å²) in [5.41, 5.74) is 5.04. The lowest BCUT2D eigenvalue weighted by Crippen LogP contribution is -2.02. The molecule has 1 aromatic carbocycles. The number of fused-ring (bicyclic) bond motifs is 2. The molecule has 0 atom stereocenters. The van der Waals surface area contributed by atoms with Crippen LogP contribution in [0.1, 0.15) is 28.8 Å². The molecule has 0 amide bonds. The molecule has 5 nitrogen and oxygen atoms in total. The van der Waals surface area contributed by atoms with E-state index in [1.807, 2.05) is 6.92 Å². The molecule has 0 aliphatic heterocycles. The van der Waals surface area contributed by atoms with Crippen LogP contribution >= 0.6 is 11.6 Å². The average Bonchev–Trinajstić information content (AvgIpc) is 3.10. The molecule has 3 aromatic rings. The SMILES string of the molecule is Cc1cc(Cl)n2nc(NCc3ccc4c(c3)CCC4)nc2n1. The molecule has 0 spiro atoms. The summed E-state index contributed by atoms with van der Waals surface area (Å²) >= 11 is 6.15. The molecule has 0 radical (unpaired) electrons. The van der Waals surface area contributed by atoms with Crippen LogP contribution in [0, 0.1) is 6.92 Å². The summed E-state index contributed by atoms with van der Waals surface area (Å²) < 4.78 is 1.54. The summed E-state index contributed by atoms with van der Waals surface area (Å²) in [5, 5.41) is 8.10. The highest BCUT2D eigenvalue weighted by Crippen LogP contribution is 2.23. The second-order valence-corrected chi connectivity index (χ2v) is 6.06. The van der Waals surface area contributed by atoms with Crippen LogP contribution in [0.4, 0.5) is 5.95 Å². The van der Waals surface area contributed by atoms with Gasteiger partial charge in [0.25, 0.3) is 5.78 Å². The van der Waals surface area contributed by atoms with E-state index in [4.69, 9.17) is 11.6 Å². The van der Waals surface area contributed by atoms with Crippen molar-refractivity contribution in [2.24, 2.45) is 0 Å². The van der Waals surface area contributed by atoms with E-state index in [-0.39, 0.29) is 0 Å². The largest absolute Gasteiger partial charge is 0.349 e. The summed E-state index contributed by atoms with van der Waals surface area (Å²) in [6, 6.07) is 8.45. The Morgan fingerprint density at radius 2 is 2.05 bits per heavy atom. The van der Waals surface area contributed by atoms with E-state index in [2.05, 4.69) is 38.6 Å². The fraction of sp³-hybridized carbons (Fsp3) is 0.312. The zero-order chi connectivity index (χ0) is 15.1. The van der Waals surface area contributed by atoms with Gasteiger partial charge in [0, 0.05) is 12.2 Å². The Balaban J connectivity index is 1.55. The lowest BCUT2D eigenvalue weighted by Gasteiger charge is -2.05. The van der Waals surface area contributed by atoms with Crippen molar-refractivity contribution in [3.63, 3.8) is 0 Å². The number of halogens is 1. The monoisotopic (exact) mass is 313 g/mol. The summed E-state index contributed by atoms with van der Waals surface area (Å²) in [5.74, 6) is 1.06. The molecule has 0 bridgehead atoms. The number of aromatic nitrogens is 4. The summed E-state index contributed by atoms with van der Waals surface area (Å²) in [6.07, 6.45) is 3.67. The predicted octanol–water partition coefficient (Wildman–Crippen LogP) is 3.19. The van der Waals surface area contributed by atoms with Crippen molar-refractivity contribution in [2.45, 2.75) is 32.7 Å². The van der Waals surface area contributed by atoms with Gasteiger partial charge in [-0.05, 0) is 48.9 Å². The molecule has 2 aromatic heterocycles. The van der Waals surface area contributed by atoms with E-state index in [0.29, 0.717) is 23.4 Å². The minimum atomic E-state index is 0.514. The Labute approximate surface area is 133 Å². The second-order valence-electron chi connectivity index (χ2n) is 5.68. The van der Waals surface area contributed by atoms with Crippen molar-refractivity contribution in [3.05, 3.63) is 51.8 Å². The molecule has 22 heavy (non-hydrogen) atoms. The van der Waals surface area contributed by atoms with Crippen molar-refractivity contribution in [1.82, 2.24) is 19.6 Å².